The van der Waals surface area contributed by atoms with E-state index < -0.39 is 10.0 Å². The number of benzene rings is 3. The maximum Gasteiger partial charge on any atom is 0.264 e. The second-order valence-electron chi connectivity index (χ2n) is 12.6. The molecule has 4 aromatic rings. The third-order valence-electron chi connectivity index (χ3n) is 8.37. The van der Waals surface area contributed by atoms with Gasteiger partial charge in [-0.05, 0) is 61.1 Å². The minimum atomic E-state index is -4.20. The first kappa shape index (κ1) is 34.2. The van der Waals surface area contributed by atoms with Crippen LogP contribution in [-0.4, -0.2) is 66.1 Å². The molecule has 1 saturated heterocycles. The van der Waals surface area contributed by atoms with Crippen molar-refractivity contribution >= 4 is 39.8 Å². The molecule has 9 nitrogen and oxygen atoms in total. The minimum Gasteiger partial charge on any atom is -0.336 e. The van der Waals surface area contributed by atoms with Crippen molar-refractivity contribution in [1.29, 1.82) is 0 Å². The molecule has 3 aromatic carbocycles. The lowest BCUT2D eigenvalue weighted by Crippen LogP contribution is -2.43. The topological polar surface area (TPSA) is 113 Å². The molecule has 1 unspecified atom stereocenters. The smallest absolute Gasteiger partial charge is 0.264 e. The number of carbonyl (C=O) groups excluding carboxylic acids is 2. The molecule has 1 aliphatic rings. The van der Waals surface area contributed by atoms with Crippen LogP contribution in [0, 0.1) is 25.7 Å². The highest BCUT2D eigenvalue weighted by Crippen LogP contribution is 2.29. The van der Waals surface area contributed by atoms with Crippen LogP contribution in [0.5, 0.6) is 0 Å². The summed E-state index contributed by atoms with van der Waals surface area (Å²) in [4.78, 5) is 38.6. The molecular formula is C36H40ClN5O4S. The Morgan fingerprint density at radius 3 is 2.34 bits per heavy atom. The molecule has 1 N–H and O–H groups in total. The Bertz CT molecular complexity index is 1830. The van der Waals surface area contributed by atoms with Gasteiger partial charge < -0.3 is 9.69 Å². The number of rotatable bonds is 10. The molecule has 0 aliphatic carbocycles. The van der Waals surface area contributed by atoms with Crippen molar-refractivity contribution < 1.29 is 18.0 Å². The minimum absolute atomic E-state index is 0.0174. The van der Waals surface area contributed by atoms with Crippen molar-refractivity contribution in [2.75, 3.05) is 24.4 Å². The predicted molar refractivity (Wildman–Crippen MR) is 185 cm³/mol. The van der Waals surface area contributed by atoms with Crippen LogP contribution in [0.1, 0.15) is 47.3 Å². The van der Waals surface area contributed by atoms with E-state index in [0.29, 0.717) is 31.2 Å². The van der Waals surface area contributed by atoms with Gasteiger partial charge in [0.1, 0.15) is 11.4 Å². The van der Waals surface area contributed by atoms with Crippen LogP contribution >= 0.6 is 11.6 Å². The zero-order valence-electron chi connectivity index (χ0n) is 27.1. The third kappa shape index (κ3) is 8.43. The van der Waals surface area contributed by atoms with Gasteiger partial charge in [-0.3, -0.25) is 9.69 Å². The molecule has 0 radical (unpaired) electrons. The van der Waals surface area contributed by atoms with Crippen molar-refractivity contribution in [2.45, 2.75) is 51.6 Å². The number of sulfonamides is 1. The fourth-order valence-corrected chi connectivity index (χ4v) is 7.41. The fraction of sp³-hybridized carbons (Fsp3) is 0.333. The number of aryl methyl sites for hydroxylation is 2. The maximum absolute atomic E-state index is 14.0. The van der Waals surface area contributed by atoms with Gasteiger partial charge in [-0.15, -0.1) is 0 Å². The summed E-state index contributed by atoms with van der Waals surface area (Å²) in [7, 11) is -4.20. The number of amides is 1. The lowest BCUT2D eigenvalue weighted by molar-refractivity contribution is -0.111. The standard InChI is InChI=1S/C36H40ClN5O4S/c1-24(2)16-30-22-42(21-28(23-43)20-41(30)19-27-12-6-5-7-13-27)35(44)29-14-9-15-31(17-29)47(45,46)40-36-38-32(18-33(37)39-36)34-25(3)10-8-11-26(34)4/h5-15,17-18,23-24,28,30H,16,19-22H2,1-4H3,(H,38,39,40)/t28?,30-/m0/s1. The summed E-state index contributed by atoms with van der Waals surface area (Å²) in [6, 6.07) is 23.4. The van der Waals surface area contributed by atoms with Crippen molar-refractivity contribution in [2.24, 2.45) is 11.8 Å². The van der Waals surface area contributed by atoms with E-state index in [2.05, 4.69) is 45.6 Å². The van der Waals surface area contributed by atoms with E-state index in [1.165, 1.54) is 18.2 Å². The average molecular weight is 674 g/mol. The largest absolute Gasteiger partial charge is 0.336 e. The summed E-state index contributed by atoms with van der Waals surface area (Å²) < 4.78 is 29.6. The highest BCUT2D eigenvalue weighted by Gasteiger charge is 2.33. The molecule has 246 valence electrons. The number of hydrogen-bond acceptors (Lipinski definition) is 7. The van der Waals surface area contributed by atoms with E-state index in [1.807, 2.05) is 50.2 Å². The lowest BCUT2D eigenvalue weighted by Gasteiger charge is -2.33. The lowest BCUT2D eigenvalue weighted by atomic mass is 10.00. The van der Waals surface area contributed by atoms with Crippen LogP contribution in [0.2, 0.25) is 5.15 Å². The number of hydrogen-bond donors (Lipinski definition) is 1. The van der Waals surface area contributed by atoms with Gasteiger partial charge in [0.25, 0.3) is 15.9 Å². The zero-order valence-corrected chi connectivity index (χ0v) is 28.6. The van der Waals surface area contributed by atoms with Crippen molar-refractivity contribution in [3.8, 4) is 11.3 Å². The van der Waals surface area contributed by atoms with Gasteiger partial charge >= 0.3 is 0 Å². The van der Waals surface area contributed by atoms with E-state index in [0.717, 1.165) is 35.0 Å². The Kier molecular flexibility index (Phi) is 10.7. The van der Waals surface area contributed by atoms with E-state index in [1.54, 1.807) is 17.0 Å². The molecule has 2 heterocycles. The number of aldehydes is 1. The van der Waals surface area contributed by atoms with Gasteiger partial charge in [0.2, 0.25) is 5.95 Å². The van der Waals surface area contributed by atoms with Gasteiger partial charge in [0.15, 0.2) is 0 Å². The molecule has 1 fully saturated rings. The first-order chi connectivity index (χ1) is 22.4. The molecule has 1 aliphatic heterocycles. The average Bonchev–Trinajstić information content (AvgIpc) is 3.19. The third-order valence-corrected chi connectivity index (χ3v) is 9.89. The highest BCUT2D eigenvalue weighted by atomic mass is 35.5. The van der Waals surface area contributed by atoms with E-state index >= 15 is 0 Å². The van der Waals surface area contributed by atoms with Crippen molar-refractivity contribution in [3.05, 3.63) is 106 Å². The number of anilines is 1. The molecule has 1 amide bonds. The molecule has 11 heteroatoms. The Balaban J connectivity index is 1.40. The zero-order chi connectivity index (χ0) is 33.7. The van der Waals surface area contributed by atoms with Crippen molar-refractivity contribution in [1.82, 2.24) is 19.8 Å². The second kappa shape index (κ2) is 14.8. The van der Waals surface area contributed by atoms with E-state index in [-0.39, 0.29) is 46.0 Å². The van der Waals surface area contributed by atoms with Crippen LogP contribution in [-0.2, 0) is 21.4 Å². The molecule has 0 bridgehead atoms. The molecule has 0 spiro atoms. The van der Waals surface area contributed by atoms with Crippen LogP contribution in [0.3, 0.4) is 0 Å². The number of halogens is 1. The Labute approximate surface area is 282 Å². The second-order valence-corrected chi connectivity index (χ2v) is 14.7. The summed E-state index contributed by atoms with van der Waals surface area (Å²) in [5, 5.41) is 0.0856. The number of nitrogens with zero attached hydrogens (tertiary/aromatic N) is 4. The Morgan fingerprint density at radius 1 is 0.957 bits per heavy atom. The van der Waals surface area contributed by atoms with Gasteiger partial charge in [0.05, 0.1) is 10.6 Å². The Morgan fingerprint density at radius 2 is 1.66 bits per heavy atom. The summed E-state index contributed by atoms with van der Waals surface area (Å²) in [5.41, 5.74) is 4.61. The van der Waals surface area contributed by atoms with Gasteiger partial charge in [0, 0.05) is 55.3 Å². The van der Waals surface area contributed by atoms with Crippen LogP contribution < -0.4 is 4.72 Å². The quantitative estimate of drug-likeness (QED) is 0.153. The van der Waals surface area contributed by atoms with Crippen LogP contribution in [0.4, 0.5) is 5.95 Å². The highest BCUT2D eigenvalue weighted by molar-refractivity contribution is 7.92. The van der Waals surface area contributed by atoms with Crippen LogP contribution in [0.25, 0.3) is 11.3 Å². The summed E-state index contributed by atoms with van der Waals surface area (Å²) >= 11 is 6.30. The first-order valence-corrected chi connectivity index (χ1v) is 17.6. The molecular weight excluding hydrogens is 634 g/mol. The number of carbonyl (C=O) groups is 2. The van der Waals surface area contributed by atoms with Crippen LogP contribution in [0.15, 0.2) is 83.8 Å². The van der Waals surface area contributed by atoms with Gasteiger partial charge in [-0.2, -0.15) is 0 Å². The number of aromatic nitrogens is 2. The fourth-order valence-electron chi connectivity index (χ4n) is 6.23. The summed E-state index contributed by atoms with van der Waals surface area (Å²) in [6.45, 7) is 10.0. The monoisotopic (exact) mass is 673 g/mol. The molecule has 0 saturated carbocycles. The van der Waals surface area contributed by atoms with E-state index in [9.17, 15) is 18.0 Å². The van der Waals surface area contributed by atoms with Gasteiger partial charge in [-0.1, -0.05) is 80.0 Å². The summed E-state index contributed by atoms with van der Waals surface area (Å²) in [5.74, 6) is -0.533. The molecule has 2 atom stereocenters. The Hall–Kier alpha value is -4.12. The normalized spacial score (nSPS) is 17.4. The van der Waals surface area contributed by atoms with Crippen molar-refractivity contribution in [3.63, 3.8) is 0 Å². The molecule has 47 heavy (non-hydrogen) atoms. The predicted octanol–water partition coefficient (Wildman–Crippen LogP) is 6.40. The van der Waals surface area contributed by atoms with E-state index in [4.69, 9.17) is 11.6 Å². The molecule has 1 aromatic heterocycles. The maximum atomic E-state index is 14.0. The summed E-state index contributed by atoms with van der Waals surface area (Å²) in [6.07, 6.45) is 1.75. The molecule has 5 rings (SSSR count). The number of nitrogens with one attached hydrogen (secondary N) is 1. The SMILES string of the molecule is Cc1cccc(C)c1-c1cc(Cl)nc(NS(=O)(=O)c2cccc(C(=O)N3CC(C=O)CN(Cc4ccccc4)[C@@H](CC(C)C)C3)c2)n1. The first-order valence-electron chi connectivity index (χ1n) is 15.7. The van der Waals surface area contributed by atoms with Gasteiger partial charge in [-0.25, -0.2) is 23.1 Å².